The summed E-state index contributed by atoms with van der Waals surface area (Å²) in [4.78, 5) is 25.6. The lowest BCUT2D eigenvalue weighted by molar-refractivity contribution is -0.149. The molecule has 1 aliphatic rings. The fourth-order valence-corrected chi connectivity index (χ4v) is 6.25. The minimum absolute atomic E-state index is 0.171. The van der Waals surface area contributed by atoms with Crippen molar-refractivity contribution in [1.29, 1.82) is 0 Å². The number of aliphatic hydroxyl groups is 1. The predicted molar refractivity (Wildman–Crippen MR) is 158 cm³/mol. The molecule has 0 radical (unpaired) electrons. The highest BCUT2D eigenvalue weighted by Gasteiger charge is 2.57. The second-order valence-electron chi connectivity index (χ2n) is 10.5. The number of aromatic nitrogens is 4. The van der Waals surface area contributed by atoms with Gasteiger partial charge in [-0.1, -0.05) is 25.1 Å². The number of carbonyl (C=O) groups excluding carboxylic acids is 1. The molecule has 16 heteroatoms. The highest BCUT2D eigenvalue weighted by Crippen LogP contribution is 2.49. The van der Waals surface area contributed by atoms with Crippen molar-refractivity contribution in [2.75, 3.05) is 24.3 Å². The summed E-state index contributed by atoms with van der Waals surface area (Å²) in [5.41, 5.74) is -1.18. The number of anilines is 1. The van der Waals surface area contributed by atoms with Gasteiger partial charge in [0.05, 0.1) is 24.9 Å². The van der Waals surface area contributed by atoms with Crippen LogP contribution in [0.2, 0.25) is 0 Å². The van der Waals surface area contributed by atoms with Crippen LogP contribution < -0.4 is 14.9 Å². The van der Waals surface area contributed by atoms with Crippen molar-refractivity contribution in [1.82, 2.24) is 24.6 Å². The number of aliphatic hydroxyl groups excluding tert-OH is 1. The number of rotatable bonds is 14. The average molecular weight is 643 g/mol. The van der Waals surface area contributed by atoms with E-state index in [-0.39, 0.29) is 11.4 Å². The number of hydrogen-bond acceptors (Lipinski definition) is 11. The molecule has 0 bridgehead atoms. The third-order valence-electron chi connectivity index (χ3n) is 6.55. The maximum Gasteiger partial charge on any atom is 0.459 e. The first-order chi connectivity index (χ1) is 20.4. The largest absolute Gasteiger partial charge is 0.462 e. The Bertz CT molecular complexity index is 1450. The van der Waals surface area contributed by atoms with Crippen LogP contribution >= 0.6 is 19.3 Å². The Morgan fingerprint density at radius 1 is 1.28 bits per heavy atom. The average Bonchev–Trinajstić information content (AvgIpc) is 3.49. The number of hydrogen-bond donors (Lipinski definition) is 3. The maximum atomic E-state index is 15.8. The molecule has 1 aliphatic heterocycles. The van der Waals surface area contributed by atoms with Crippen molar-refractivity contribution in [2.45, 2.75) is 77.3 Å². The van der Waals surface area contributed by atoms with Gasteiger partial charge in [0, 0.05) is 6.54 Å². The second kappa shape index (κ2) is 13.8. The fourth-order valence-electron chi connectivity index (χ4n) is 4.41. The number of aryl methyl sites for hydroxylation is 1. The molecule has 0 aliphatic carbocycles. The normalized spacial score (nSPS) is 24.2. The van der Waals surface area contributed by atoms with E-state index in [9.17, 15) is 14.5 Å². The lowest BCUT2D eigenvalue weighted by Crippen LogP contribution is -2.48. The van der Waals surface area contributed by atoms with Crippen molar-refractivity contribution in [3.8, 4) is 5.75 Å². The van der Waals surface area contributed by atoms with Crippen molar-refractivity contribution in [2.24, 2.45) is 0 Å². The van der Waals surface area contributed by atoms with Gasteiger partial charge in [0.15, 0.2) is 29.4 Å². The van der Waals surface area contributed by atoms with Gasteiger partial charge in [-0.3, -0.25) is 13.9 Å². The quantitative estimate of drug-likeness (QED) is 0.130. The summed E-state index contributed by atoms with van der Waals surface area (Å²) < 4.78 is 53.7. The molecule has 1 fully saturated rings. The summed E-state index contributed by atoms with van der Waals surface area (Å²) in [6.45, 7) is 8.45. The monoisotopic (exact) mass is 642 g/mol. The summed E-state index contributed by atoms with van der Waals surface area (Å²) in [6, 6.07) is 7.01. The van der Waals surface area contributed by atoms with E-state index < -0.39 is 62.5 Å². The number of halogens is 2. The molecular weight excluding hydrogens is 606 g/mol. The van der Waals surface area contributed by atoms with E-state index >= 15 is 4.39 Å². The molecule has 3 heterocycles. The Morgan fingerprint density at radius 2 is 2.00 bits per heavy atom. The van der Waals surface area contributed by atoms with Gasteiger partial charge in [0.2, 0.25) is 0 Å². The van der Waals surface area contributed by atoms with Crippen molar-refractivity contribution in [3.05, 3.63) is 42.5 Å². The van der Waals surface area contributed by atoms with Crippen LogP contribution in [0.15, 0.2) is 36.7 Å². The molecule has 13 nitrogen and oxygen atoms in total. The number of nitrogens with one attached hydrogen (secondary N) is 2. The van der Waals surface area contributed by atoms with Gasteiger partial charge in [-0.05, 0) is 46.2 Å². The summed E-state index contributed by atoms with van der Waals surface area (Å²) in [5.74, 6) is -0.0568. The molecule has 3 N–H and O–H groups in total. The summed E-state index contributed by atoms with van der Waals surface area (Å²) >= 11 is 6.26. The number of esters is 1. The van der Waals surface area contributed by atoms with Gasteiger partial charge in [-0.2, -0.15) is 5.09 Å². The molecule has 3 aromatic rings. The first kappa shape index (κ1) is 33.0. The minimum Gasteiger partial charge on any atom is -0.462 e. The number of benzene rings is 1. The van der Waals surface area contributed by atoms with E-state index in [1.54, 1.807) is 39.0 Å². The van der Waals surface area contributed by atoms with Gasteiger partial charge in [-0.15, -0.1) is 11.6 Å². The van der Waals surface area contributed by atoms with Crippen molar-refractivity contribution >= 4 is 42.3 Å². The number of nitrogens with zero attached hydrogens (tertiary/aromatic N) is 4. The highest BCUT2D eigenvalue weighted by molar-refractivity contribution is 7.52. The fraction of sp³-hybridized carbons (Fsp3) is 0.556. The van der Waals surface area contributed by atoms with Gasteiger partial charge in [-0.25, -0.2) is 23.9 Å². The van der Waals surface area contributed by atoms with E-state index in [2.05, 4.69) is 25.4 Å². The van der Waals surface area contributed by atoms with Crippen LogP contribution in [0.5, 0.6) is 5.75 Å². The van der Waals surface area contributed by atoms with Crippen LogP contribution in [0, 0.1) is 6.92 Å². The predicted octanol–water partition coefficient (Wildman–Crippen LogP) is 4.30. The van der Waals surface area contributed by atoms with E-state index in [1.165, 1.54) is 30.0 Å². The zero-order valence-electron chi connectivity index (χ0n) is 24.6. The number of imidazole rings is 1. The topological polar surface area (TPSA) is 159 Å². The first-order valence-corrected chi connectivity index (χ1v) is 16.0. The molecular formula is C27H37ClFN6O7P. The molecule has 0 unspecified atom stereocenters. The smallest absolute Gasteiger partial charge is 0.459 e. The molecule has 6 atom stereocenters. The summed E-state index contributed by atoms with van der Waals surface area (Å²) in [7, 11) is -4.36. The summed E-state index contributed by atoms with van der Waals surface area (Å²) in [6.07, 6.45) is -3.43. The van der Waals surface area contributed by atoms with Crippen LogP contribution in [0.25, 0.3) is 11.2 Å². The Hall–Kier alpha value is -2.87. The number of para-hydroxylation sites is 1. The van der Waals surface area contributed by atoms with Gasteiger partial charge in [0.1, 0.15) is 29.3 Å². The number of carbonyl (C=O) groups is 1. The van der Waals surface area contributed by atoms with E-state index in [4.69, 9.17) is 30.1 Å². The molecule has 1 aromatic carbocycles. The molecule has 236 valence electrons. The van der Waals surface area contributed by atoms with Gasteiger partial charge in [0.25, 0.3) is 0 Å². The Labute approximate surface area is 254 Å². The third kappa shape index (κ3) is 7.44. The van der Waals surface area contributed by atoms with Crippen molar-refractivity contribution in [3.63, 3.8) is 0 Å². The lowest BCUT2D eigenvalue weighted by Gasteiger charge is -2.31. The number of alkyl halides is 2. The van der Waals surface area contributed by atoms with Crippen LogP contribution in [0.3, 0.4) is 0 Å². The minimum atomic E-state index is -4.36. The highest BCUT2D eigenvalue weighted by atomic mass is 35.5. The zero-order valence-corrected chi connectivity index (χ0v) is 26.2. The van der Waals surface area contributed by atoms with Crippen LogP contribution in [0.4, 0.5) is 10.2 Å². The third-order valence-corrected chi connectivity index (χ3v) is 8.63. The Kier molecular flexibility index (Phi) is 10.6. The number of ether oxygens (including phenoxy) is 2. The Morgan fingerprint density at radius 3 is 2.65 bits per heavy atom. The SMILES string of the molecule is CCCNc1nc(C)nc2c1ncn2[C@@H]1O[C@](CCl)(CO[P@@](=O)(N[C@@H](C)C(=O)OC(C)C)Oc2ccccc2)[C@@H](O)[C@H]1F. The van der Waals surface area contributed by atoms with E-state index in [0.29, 0.717) is 23.7 Å². The molecule has 4 rings (SSSR count). The molecule has 0 spiro atoms. The summed E-state index contributed by atoms with van der Waals surface area (Å²) in [5, 5.41) is 16.8. The zero-order chi connectivity index (χ0) is 31.4. The van der Waals surface area contributed by atoms with Crippen LogP contribution in [-0.4, -0.2) is 79.6 Å². The van der Waals surface area contributed by atoms with Crippen LogP contribution in [-0.2, 0) is 23.4 Å². The molecule has 43 heavy (non-hydrogen) atoms. The second-order valence-corrected chi connectivity index (χ2v) is 12.4. The van der Waals surface area contributed by atoms with Gasteiger partial charge < -0.3 is 24.4 Å². The number of fused-ring (bicyclic) bond motifs is 1. The van der Waals surface area contributed by atoms with E-state index in [1.807, 2.05) is 6.92 Å². The van der Waals surface area contributed by atoms with Gasteiger partial charge >= 0.3 is 13.7 Å². The maximum absolute atomic E-state index is 15.8. The Balaban J connectivity index is 1.60. The molecule has 2 aromatic heterocycles. The lowest BCUT2D eigenvalue weighted by atomic mass is 9.99. The van der Waals surface area contributed by atoms with E-state index in [0.717, 1.165) is 6.42 Å². The molecule has 0 amide bonds. The molecule has 0 saturated carbocycles. The molecule has 1 saturated heterocycles. The standard InChI is InChI=1S/C27H37ClFN6O7P/c1-6-12-30-23-21-24(33-18(5)32-23)35(15-31-21)25-20(29)22(36)27(13-28,41-25)14-39-43(38,42-19-10-8-7-9-11-19)34-17(4)26(37)40-16(2)3/h7-11,15-17,20,22,25,36H,6,12-14H2,1-5H3,(H,34,38)(H,30,32,33)/t17-,20+,22-,25+,27+,43-/m0/s1. The van der Waals surface area contributed by atoms with Crippen molar-refractivity contribution < 1.29 is 37.4 Å². The first-order valence-electron chi connectivity index (χ1n) is 13.9. The van der Waals surface area contributed by atoms with Crippen LogP contribution in [0.1, 0.15) is 46.2 Å².